The molecule has 1 amide bonds. The van der Waals surface area contributed by atoms with Gasteiger partial charge in [0.25, 0.3) is 5.91 Å². The lowest BCUT2D eigenvalue weighted by Gasteiger charge is -2.04. The summed E-state index contributed by atoms with van der Waals surface area (Å²) in [7, 11) is 1.56. The molecule has 0 saturated carbocycles. The molecule has 0 fully saturated rings. The minimum atomic E-state index is -0.188. The minimum absolute atomic E-state index is 0.188. The second-order valence-corrected chi connectivity index (χ2v) is 6.27. The highest BCUT2D eigenvalue weighted by atomic mass is 35.5. The molecule has 5 heteroatoms. The predicted molar refractivity (Wildman–Crippen MR) is 101 cm³/mol. The number of halogens is 1. The van der Waals surface area contributed by atoms with E-state index in [4.69, 9.17) is 16.3 Å². The second-order valence-electron chi connectivity index (χ2n) is 5.86. The van der Waals surface area contributed by atoms with Gasteiger partial charge in [-0.2, -0.15) is 0 Å². The van der Waals surface area contributed by atoms with Crippen molar-refractivity contribution in [3.05, 3.63) is 69.9 Å². The number of ether oxygens (including phenoxy) is 1. The third kappa shape index (κ3) is 4.09. The van der Waals surface area contributed by atoms with Crippen LogP contribution in [0.3, 0.4) is 0 Å². The lowest BCUT2D eigenvalue weighted by atomic mass is 10.0. The van der Waals surface area contributed by atoms with Crippen LogP contribution in [-0.2, 0) is 11.2 Å². The highest BCUT2D eigenvalue weighted by Gasteiger charge is 2.19. The van der Waals surface area contributed by atoms with E-state index in [0.29, 0.717) is 28.7 Å². The van der Waals surface area contributed by atoms with Gasteiger partial charge < -0.3 is 10.1 Å². The Balaban J connectivity index is 1.73. The molecular weight excluding hydrogens is 336 g/mol. The van der Waals surface area contributed by atoms with Gasteiger partial charge in [0.15, 0.2) is 0 Å². The topological polar surface area (TPSA) is 50.7 Å². The zero-order valence-electron chi connectivity index (χ0n) is 14.2. The summed E-state index contributed by atoms with van der Waals surface area (Å²) < 4.78 is 5.13. The van der Waals surface area contributed by atoms with Gasteiger partial charge >= 0.3 is 0 Å². The summed E-state index contributed by atoms with van der Waals surface area (Å²) in [5, 5.41) is 3.34. The first-order valence-corrected chi connectivity index (χ1v) is 8.43. The van der Waals surface area contributed by atoms with E-state index < -0.39 is 0 Å². The van der Waals surface area contributed by atoms with Crippen LogP contribution in [0.15, 0.2) is 53.2 Å². The van der Waals surface area contributed by atoms with E-state index in [1.807, 2.05) is 18.2 Å². The third-order valence-corrected chi connectivity index (χ3v) is 4.41. The number of hydrogen-bond donors (Lipinski definition) is 1. The number of amides is 1. The molecule has 0 aromatic heterocycles. The first-order valence-electron chi connectivity index (χ1n) is 8.05. The van der Waals surface area contributed by atoms with Gasteiger partial charge in [-0.25, -0.2) is 4.99 Å². The highest BCUT2D eigenvalue weighted by molar-refractivity contribution is 6.32. The molecule has 1 aliphatic heterocycles. The number of aryl methyl sites for hydroxylation is 2. The fourth-order valence-corrected chi connectivity index (χ4v) is 2.98. The largest absolute Gasteiger partial charge is 0.495 e. The van der Waals surface area contributed by atoms with Crippen LogP contribution < -0.4 is 10.1 Å². The number of benzene rings is 2. The third-order valence-electron chi connectivity index (χ3n) is 4.12. The lowest BCUT2D eigenvalue weighted by Crippen LogP contribution is -2.24. The normalized spacial score (nSPS) is 15.2. The maximum Gasteiger partial charge on any atom is 0.275 e. The van der Waals surface area contributed by atoms with Crippen molar-refractivity contribution < 1.29 is 9.53 Å². The zero-order valence-corrected chi connectivity index (χ0v) is 14.9. The molecule has 0 saturated heterocycles. The molecule has 3 rings (SSSR count). The molecule has 4 nitrogen and oxygen atoms in total. The maximum atomic E-state index is 12.1. The van der Waals surface area contributed by atoms with E-state index in [2.05, 4.69) is 29.4 Å². The van der Waals surface area contributed by atoms with Crippen LogP contribution in [0.25, 0.3) is 6.08 Å². The van der Waals surface area contributed by atoms with Crippen LogP contribution >= 0.6 is 11.6 Å². The minimum Gasteiger partial charge on any atom is -0.495 e. The van der Waals surface area contributed by atoms with Crippen LogP contribution in [0.4, 0.5) is 0 Å². The Kier molecular flexibility index (Phi) is 5.19. The average molecular weight is 355 g/mol. The van der Waals surface area contributed by atoms with Crippen LogP contribution in [0.2, 0.25) is 5.02 Å². The monoisotopic (exact) mass is 354 g/mol. The fraction of sp³-hybridized carbons (Fsp3) is 0.200. The van der Waals surface area contributed by atoms with E-state index in [-0.39, 0.29) is 5.91 Å². The maximum absolute atomic E-state index is 12.1. The van der Waals surface area contributed by atoms with E-state index in [0.717, 1.165) is 12.0 Å². The summed E-state index contributed by atoms with van der Waals surface area (Å²) in [6.45, 7) is 2.09. The van der Waals surface area contributed by atoms with Crippen molar-refractivity contribution in [3.63, 3.8) is 0 Å². The molecule has 25 heavy (non-hydrogen) atoms. The van der Waals surface area contributed by atoms with Gasteiger partial charge in [-0.15, -0.1) is 0 Å². The van der Waals surface area contributed by atoms with Crippen LogP contribution in [-0.4, -0.2) is 18.9 Å². The Bertz CT molecular complexity index is 872. The molecule has 0 bridgehead atoms. The molecule has 1 aliphatic rings. The van der Waals surface area contributed by atoms with Gasteiger partial charge in [-0.3, -0.25) is 4.79 Å². The molecule has 2 aromatic rings. The van der Waals surface area contributed by atoms with Crippen LogP contribution in [0, 0.1) is 6.92 Å². The van der Waals surface area contributed by atoms with Gasteiger partial charge in [-0.05, 0) is 48.2 Å². The number of rotatable bonds is 5. The summed E-state index contributed by atoms with van der Waals surface area (Å²) in [6.07, 6.45) is 3.26. The number of carbonyl (C=O) groups excluding carboxylic acids is 1. The molecule has 0 atom stereocenters. The smallest absolute Gasteiger partial charge is 0.275 e. The van der Waals surface area contributed by atoms with Gasteiger partial charge in [-0.1, -0.05) is 41.9 Å². The zero-order chi connectivity index (χ0) is 17.8. The number of nitrogens with zero attached hydrogens (tertiary/aromatic N) is 1. The molecule has 128 valence electrons. The van der Waals surface area contributed by atoms with E-state index >= 15 is 0 Å². The molecule has 1 N–H and O–H groups in total. The molecule has 0 unspecified atom stereocenters. The Morgan fingerprint density at radius 1 is 1.20 bits per heavy atom. The van der Waals surface area contributed by atoms with E-state index in [9.17, 15) is 4.79 Å². The average Bonchev–Trinajstić information content (AvgIpc) is 2.94. The summed E-state index contributed by atoms with van der Waals surface area (Å²) in [5.41, 5.74) is 3.70. The van der Waals surface area contributed by atoms with Crippen molar-refractivity contribution >= 4 is 29.4 Å². The summed E-state index contributed by atoms with van der Waals surface area (Å²) in [5.74, 6) is 1.10. The number of hydrogen-bond acceptors (Lipinski definition) is 3. The quantitative estimate of drug-likeness (QED) is 0.820. The van der Waals surface area contributed by atoms with Crippen molar-refractivity contribution in [1.29, 1.82) is 0 Å². The van der Waals surface area contributed by atoms with E-state index in [1.165, 1.54) is 11.1 Å². The molecule has 0 spiro atoms. The Morgan fingerprint density at radius 3 is 2.72 bits per heavy atom. The number of carbonyl (C=O) groups is 1. The summed E-state index contributed by atoms with van der Waals surface area (Å²) in [6, 6.07) is 13.6. The number of amidine groups is 1. The van der Waals surface area contributed by atoms with Crippen molar-refractivity contribution in [2.24, 2.45) is 4.99 Å². The Hall–Kier alpha value is -2.59. The standard InChI is InChI=1S/C20H19ClN2O2/c1-13-5-3-4-6-15(13)8-10-19-22-17(20(24)23-19)12-14-7-9-18(25-2)16(21)11-14/h3-7,9,11-12H,8,10H2,1-2H3,(H,22,23,24)/b17-12+. The molecular formula is C20H19ClN2O2. The number of nitrogens with one attached hydrogen (secondary N) is 1. The first-order chi connectivity index (χ1) is 12.1. The molecule has 0 radical (unpaired) electrons. The summed E-state index contributed by atoms with van der Waals surface area (Å²) >= 11 is 6.12. The SMILES string of the molecule is COc1ccc(/C=C2/N=C(CCc3ccccc3C)NC2=O)cc1Cl. The highest BCUT2D eigenvalue weighted by Crippen LogP contribution is 2.26. The first kappa shape index (κ1) is 17.2. The van der Waals surface area contributed by atoms with Crippen molar-refractivity contribution in [2.45, 2.75) is 19.8 Å². The van der Waals surface area contributed by atoms with Crippen molar-refractivity contribution in [2.75, 3.05) is 7.11 Å². The molecule has 2 aromatic carbocycles. The summed E-state index contributed by atoms with van der Waals surface area (Å²) in [4.78, 5) is 16.5. The van der Waals surface area contributed by atoms with Gasteiger partial charge in [0.2, 0.25) is 0 Å². The van der Waals surface area contributed by atoms with E-state index in [1.54, 1.807) is 25.3 Å². The van der Waals surface area contributed by atoms with Crippen LogP contribution in [0.1, 0.15) is 23.1 Å². The lowest BCUT2D eigenvalue weighted by molar-refractivity contribution is -0.115. The molecule has 0 aliphatic carbocycles. The van der Waals surface area contributed by atoms with Gasteiger partial charge in [0.05, 0.1) is 12.1 Å². The predicted octanol–water partition coefficient (Wildman–Crippen LogP) is 4.16. The number of methoxy groups -OCH3 is 1. The van der Waals surface area contributed by atoms with Crippen molar-refractivity contribution in [1.82, 2.24) is 5.32 Å². The fourth-order valence-electron chi connectivity index (χ4n) is 2.71. The number of aliphatic imine (C=N–C) groups is 1. The Labute approximate surface area is 152 Å². The molecule has 1 heterocycles. The van der Waals surface area contributed by atoms with Crippen LogP contribution in [0.5, 0.6) is 5.75 Å². The Morgan fingerprint density at radius 2 is 2.00 bits per heavy atom. The van der Waals surface area contributed by atoms with Gasteiger partial charge in [0, 0.05) is 6.42 Å². The van der Waals surface area contributed by atoms with Gasteiger partial charge in [0.1, 0.15) is 17.3 Å². The second kappa shape index (κ2) is 7.53. The van der Waals surface area contributed by atoms with Crippen molar-refractivity contribution in [3.8, 4) is 5.75 Å².